The van der Waals surface area contributed by atoms with Crippen LogP contribution in [-0.2, 0) is 4.79 Å². The number of hydrogen-bond donors (Lipinski definition) is 0. The Morgan fingerprint density at radius 3 is 3.05 bits per heavy atom. The van der Waals surface area contributed by atoms with E-state index in [0.29, 0.717) is 23.9 Å². The number of benzene rings is 1. The van der Waals surface area contributed by atoms with Crippen molar-refractivity contribution in [3.8, 4) is 0 Å². The van der Waals surface area contributed by atoms with E-state index in [2.05, 4.69) is 17.1 Å². The molecule has 4 heteroatoms. The summed E-state index contributed by atoms with van der Waals surface area (Å²) in [6.07, 6.45) is 6.92. The fourth-order valence-corrected chi connectivity index (χ4v) is 2.34. The molecule has 1 aromatic carbocycles. The second-order valence-electron chi connectivity index (χ2n) is 4.89. The van der Waals surface area contributed by atoms with E-state index in [0.717, 1.165) is 18.4 Å². The topological polar surface area (TPSA) is 46.3 Å². The Labute approximate surface area is 111 Å². The van der Waals surface area contributed by atoms with Gasteiger partial charge in [0.25, 0.3) is 0 Å². The fraction of sp³-hybridized carbons (Fsp3) is 0.333. The molecule has 0 spiro atoms. The molecule has 1 aliphatic rings. The minimum absolute atomic E-state index is 0.0445. The summed E-state index contributed by atoms with van der Waals surface area (Å²) in [5, 5.41) is 0. The van der Waals surface area contributed by atoms with Crippen molar-refractivity contribution in [3.05, 3.63) is 36.4 Å². The Bertz CT molecular complexity index is 597. The molecule has 0 N–H and O–H groups in total. The van der Waals surface area contributed by atoms with E-state index in [4.69, 9.17) is 4.42 Å². The van der Waals surface area contributed by atoms with E-state index >= 15 is 0 Å². The van der Waals surface area contributed by atoms with Gasteiger partial charge in [-0.1, -0.05) is 24.3 Å². The summed E-state index contributed by atoms with van der Waals surface area (Å²) in [6.45, 7) is 0. The monoisotopic (exact) mass is 256 g/mol. The van der Waals surface area contributed by atoms with Gasteiger partial charge in [0, 0.05) is 13.5 Å². The number of anilines is 1. The van der Waals surface area contributed by atoms with Crippen LogP contribution in [0.2, 0.25) is 0 Å². The molecule has 1 atom stereocenters. The first kappa shape index (κ1) is 12.0. The molecule has 1 amide bonds. The number of carbonyl (C=O) groups is 1. The predicted molar refractivity (Wildman–Crippen MR) is 73.9 cm³/mol. The van der Waals surface area contributed by atoms with E-state index in [1.165, 1.54) is 4.90 Å². The summed E-state index contributed by atoms with van der Waals surface area (Å²) in [5.41, 5.74) is 1.48. The van der Waals surface area contributed by atoms with Crippen molar-refractivity contribution in [2.75, 3.05) is 11.9 Å². The molecule has 0 aliphatic heterocycles. The van der Waals surface area contributed by atoms with Crippen LogP contribution in [0.25, 0.3) is 11.1 Å². The largest absolute Gasteiger partial charge is 0.423 e. The first-order chi connectivity index (χ1) is 9.24. The molecule has 0 saturated heterocycles. The summed E-state index contributed by atoms with van der Waals surface area (Å²) in [5.74, 6) is 0.405. The maximum Gasteiger partial charge on any atom is 0.304 e. The normalized spacial score (nSPS) is 18.1. The third-order valence-corrected chi connectivity index (χ3v) is 3.49. The molecule has 1 aliphatic carbocycles. The summed E-state index contributed by atoms with van der Waals surface area (Å²) in [7, 11) is 1.71. The SMILES string of the molecule is CN(C(=O)CC1C=CCC1)c1nc2ccccc2o1. The van der Waals surface area contributed by atoms with Crippen molar-refractivity contribution < 1.29 is 9.21 Å². The molecule has 98 valence electrons. The molecule has 1 unspecified atom stereocenters. The smallest absolute Gasteiger partial charge is 0.304 e. The molecule has 19 heavy (non-hydrogen) atoms. The molecule has 0 radical (unpaired) electrons. The number of oxazole rings is 1. The van der Waals surface area contributed by atoms with Gasteiger partial charge in [-0.15, -0.1) is 0 Å². The Hall–Kier alpha value is -2.10. The van der Waals surface area contributed by atoms with E-state index in [-0.39, 0.29) is 5.91 Å². The van der Waals surface area contributed by atoms with E-state index in [1.807, 2.05) is 24.3 Å². The number of fused-ring (bicyclic) bond motifs is 1. The van der Waals surface area contributed by atoms with Crippen LogP contribution in [0.1, 0.15) is 19.3 Å². The predicted octanol–water partition coefficient (Wildman–Crippen LogP) is 3.15. The average Bonchev–Trinajstić information content (AvgIpc) is 3.05. The number of rotatable bonds is 3. The van der Waals surface area contributed by atoms with Gasteiger partial charge in [-0.2, -0.15) is 4.98 Å². The molecule has 0 saturated carbocycles. The lowest BCUT2D eigenvalue weighted by atomic mass is 10.0. The van der Waals surface area contributed by atoms with Crippen molar-refractivity contribution in [1.29, 1.82) is 0 Å². The second kappa shape index (κ2) is 4.88. The van der Waals surface area contributed by atoms with Crippen LogP contribution in [0.15, 0.2) is 40.8 Å². The summed E-state index contributed by atoms with van der Waals surface area (Å²) in [6, 6.07) is 7.89. The zero-order valence-electron chi connectivity index (χ0n) is 10.9. The molecule has 0 bridgehead atoms. The third-order valence-electron chi connectivity index (χ3n) is 3.49. The van der Waals surface area contributed by atoms with Gasteiger partial charge in [-0.25, -0.2) is 0 Å². The lowest BCUT2D eigenvalue weighted by molar-refractivity contribution is -0.119. The van der Waals surface area contributed by atoms with Gasteiger partial charge in [-0.3, -0.25) is 9.69 Å². The van der Waals surface area contributed by atoms with E-state index < -0.39 is 0 Å². The van der Waals surface area contributed by atoms with Gasteiger partial charge in [0.2, 0.25) is 5.91 Å². The van der Waals surface area contributed by atoms with Crippen molar-refractivity contribution in [1.82, 2.24) is 4.98 Å². The maximum atomic E-state index is 12.2. The fourth-order valence-electron chi connectivity index (χ4n) is 2.34. The van der Waals surface area contributed by atoms with Gasteiger partial charge in [0.1, 0.15) is 5.52 Å². The zero-order chi connectivity index (χ0) is 13.2. The van der Waals surface area contributed by atoms with E-state index in [1.54, 1.807) is 7.05 Å². The molecular formula is C15H16N2O2. The second-order valence-corrected chi connectivity index (χ2v) is 4.89. The quantitative estimate of drug-likeness (QED) is 0.792. The van der Waals surface area contributed by atoms with Crippen LogP contribution in [0.4, 0.5) is 6.01 Å². The van der Waals surface area contributed by atoms with Gasteiger partial charge >= 0.3 is 6.01 Å². The Morgan fingerprint density at radius 1 is 1.47 bits per heavy atom. The molecule has 3 rings (SSSR count). The molecular weight excluding hydrogens is 240 g/mol. The van der Waals surface area contributed by atoms with Crippen LogP contribution in [-0.4, -0.2) is 17.9 Å². The van der Waals surface area contributed by atoms with Crippen LogP contribution in [0, 0.1) is 5.92 Å². The van der Waals surface area contributed by atoms with Crippen LogP contribution in [0.5, 0.6) is 0 Å². The molecule has 1 heterocycles. The van der Waals surface area contributed by atoms with Crippen LogP contribution >= 0.6 is 0 Å². The number of hydrogen-bond acceptors (Lipinski definition) is 3. The van der Waals surface area contributed by atoms with Crippen LogP contribution < -0.4 is 4.90 Å². The summed E-state index contributed by atoms with van der Waals surface area (Å²) < 4.78 is 5.59. The Kier molecular flexibility index (Phi) is 3.07. The van der Waals surface area contributed by atoms with Crippen molar-refractivity contribution in [2.45, 2.75) is 19.3 Å². The van der Waals surface area contributed by atoms with Gasteiger partial charge in [0.05, 0.1) is 0 Å². The minimum atomic E-state index is 0.0445. The highest BCUT2D eigenvalue weighted by atomic mass is 16.4. The van der Waals surface area contributed by atoms with Crippen molar-refractivity contribution in [2.24, 2.45) is 5.92 Å². The Morgan fingerprint density at radius 2 is 2.32 bits per heavy atom. The lowest BCUT2D eigenvalue weighted by Gasteiger charge is -2.14. The summed E-state index contributed by atoms with van der Waals surface area (Å²) in [4.78, 5) is 18.0. The Balaban J connectivity index is 1.76. The maximum absolute atomic E-state index is 12.2. The van der Waals surface area contributed by atoms with Gasteiger partial charge < -0.3 is 4.42 Å². The lowest BCUT2D eigenvalue weighted by Crippen LogP contribution is -2.27. The van der Waals surface area contributed by atoms with Crippen molar-refractivity contribution in [3.63, 3.8) is 0 Å². The number of para-hydroxylation sites is 2. The number of aromatic nitrogens is 1. The van der Waals surface area contributed by atoms with Crippen LogP contribution in [0.3, 0.4) is 0 Å². The van der Waals surface area contributed by atoms with Gasteiger partial charge in [-0.05, 0) is 30.9 Å². The zero-order valence-corrected chi connectivity index (χ0v) is 10.9. The molecule has 4 nitrogen and oxygen atoms in total. The standard InChI is InChI=1S/C15H16N2O2/c1-17(14(18)10-11-6-2-3-7-11)15-16-12-8-4-5-9-13(12)19-15/h2,4-6,8-9,11H,3,7,10H2,1H3. The number of carbonyl (C=O) groups excluding carboxylic acids is 1. The highest BCUT2D eigenvalue weighted by Crippen LogP contribution is 2.24. The minimum Gasteiger partial charge on any atom is -0.423 e. The summed E-state index contributed by atoms with van der Waals surface area (Å²) >= 11 is 0. The molecule has 2 aromatic rings. The molecule has 1 aromatic heterocycles. The first-order valence-corrected chi connectivity index (χ1v) is 6.53. The first-order valence-electron chi connectivity index (χ1n) is 6.53. The highest BCUT2D eigenvalue weighted by molar-refractivity contribution is 5.92. The van der Waals surface area contributed by atoms with Crippen molar-refractivity contribution >= 4 is 23.0 Å². The van der Waals surface area contributed by atoms with Gasteiger partial charge in [0.15, 0.2) is 5.58 Å². The average molecular weight is 256 g/mol. The van der Waals surface area contributed by atoms with E-state index in [9.17, 15) is 4.79 Å². The molecule has 0 fully saturated rings. The number of amides is 1. The number of nitrogens with zero attached hydrogens (tertiary/aromatic N) is 2. The highest BCUT2D eigenvalue weighted by Gasteiger charge is 2.21. The number of allylic oxidation sites excluding steroid dienone is 2. The third kappa shape index (κ3) is 2.38.